The Morgan fingerprint density at radius 3 is 2.94 bits per heavy atom. The van der Waals surface area contributed by atoms with E-state index in [9.17, 15) is 0 Å². The third kappa shape index (κ3) is 2.49. The number of hydrogen-bond donors (Lipinski definition) is 2. The van der Waals surface area contributed by atoms with Gasteiger partial charge >= 0.3 is 0 Å². The molecule has 2 rings (SSSR count). The standard InChI is InChI=1S/C10H11N7/c1-17-6-15-9(16-17)5-14-10-8(12)2-7(3-11)4-13-10/h2,4,6H,5,12H2,1H3,(H,13,14). The van der Waals surface area contributed by atoms with Gasteiger partial charge in [-0.25, -0.2) is 9.97 Å². The summed E-state index contributed by atoms with van der Waals surface area (Å²) in [7, 11) is 1.80. The van der Waals surface area contributed by atoms with E-state index in [2.05, 4.69) is 20.4 Å². The summed E-state index contributed by atoms with van der Waals surface area (Å²) < 4.78 is 1.62. The summed E-state index contributed by atoms with van der Waals surface area (Å²) in [5, 5.41) is 15.8. The van der Waals surface area contributed by atoms with Gasteiger partial charge in [-0.3, -0.25) is 4.68 Å². The molecule has 0 radical (unpaired) electrons. The van der Waals surface area contributed by atoms with Crippen molar-refractivity contribution in [3.8, 4) is 6.07 Å². The second-order valence-corrected chi connectivity index (χ2v) is 3.46. The Kier molecular flexibility index (Phi) is 2.87. The molecule has 2 aromatic rings. The van der Waals surface area contributed by atoms with E-state index in [-0.39, 0.29) is 0 Å². The first-order chi connectivity index (χ1) is 8.19. The summed E-state index contributed by atoms with van der Waals surface area (Å²) in [5.74, 6) is 1.18. The van der Waals surface area contributed by atoms with Crippen LogP contribution >= 0.6 is 0 Å². The highest BCUT2D eigenvalue weighted by atomic mass is 15.3. The number of nitrogen functional groups attached to an aromatic ring is 1. The number of aromatic nitrogens is 4. The van der Waals surface area contributed by atoms with Gasteiger partial charge in [-0.15, -0.1) is 0 Å². The molecule has 0 unspecified atom stereocenters. The molecule has 86 valence electrons. The molecule has 0 bridgehead atoms. The number of hydrogen-bond acceptors (Lipinski definition) is 6. The minimum Gasteiger partial charge on any atom is -0.396 e. The highest BCUT2D eigenvalue weighted by molar-refractivity contribution is 5.62. The molecule has 0 aliphatic carbocycles. The highest BCUT2D eigenvalue weighted by Gasteiger charge is 2.04. The summed E-state index contributed by atoms with van der Waals surface area (Å²) in [6.45, 7) is 0.434. The molecule has 0 aliphatic rings. The molecule has 0 atom stereocenters. The molecule has 0 amide bonds. The summed E-state index contributed by atoms with van der Waals surface area (Å²) in [5.41, 5.74) is 6.61. The molecule has 0 spiro atoms. The molecule has 0 fully saturated rings. The first-order valence-electron chi connectivity index (χ1n) is 4.93. The third-order valence-electron chi connectivity index (χ3n) is 2.11. The minimum absolute atomic E-state index is 0.431. The first kappa shape index (κ1) is 10.9. The predicted octanol–water partition coefficient (Wildman–Crippen LogP) is 0.276. The Hall–Kier alpha value is -2.62. The second kappa shape index (κ2) is 4.49. The Balaban J connectivity index is 2.07. The lowest BCUT2D eigenvalue weighted by atomic mass is 10.3. The van der Waals surface area contributed by atoms with Crippen molar-refractivity contribution in [3.63, 3.8) is 0 Å². The van der Waals surface area contributed by atoms with Gasteiger partial charge < -0.3 is 11.1 Å². The van der Waals surface area contributed by atoms with Gasteiger partial charge in [0.2, 0.25) is 0 Å². The number of anilines is 2. The van der Waals surface area contributed by atoms with Gasteiger partial charge in [0.05, 0.1) is 17.8 Å². The van der Waals surface area contributed by atoms with E-state index in [4.69, 9.17) is 11.0 Å². The van der Waals surface area contributed by atoms with Crippen LogP contribution in [-0.4, -0.2) is 19.7 Å². The molecular weight excluding hydrogens is 218 g/mol. The summed E-state index contributed by atoms with van der Waals surface area (Å²) in [6, 6.07) is 3.54. The topological polar surface area (TPSA) is 105 Å². The summed E-state index contributed by atoms with van der Waals surface area (Å²) in [6.07, 6.45) is 3.08. The van der Waals surface area contributed by atoms with E-state index < -0.39 is 0 Å². The predicted molar refractivity (Wildman–Crippen MR) is 61.7 cm³/mol. The SMILES string of the molecule is Cn1cnc(CNc2ncc(C#N)cc2N)n1. The van der Waals surface area contributed by atoms with Crippen molar-refractivity contribution in [2.24, 2.45) is 7.05 Å². The maximum absolute atomic E-state index is 8.67. The van der Waals surface area contributed by atoms with E-state index in [0.717, 1.165) is 0 Å². The fourth-order valence-electron chi connectivity index (χ4n) is 1.32. The summed E-state index contributed by atoms with van der Waals surface area (Å²) in [4.78, 5) is 8.11. The first-order valence-corrected chi connectivity index (χ1v) is 4.93. The van der Waals surface area contributed by atoms with Crippen molar-refractivity contribution in [2.75, 3.05) is 11.1 Å². The van der Waals surface area contributed by atoms with Crippen molar-refractivity contribution >= 4 is 11.5 Å². The Morgan fingerprint density at radius 2 is 2.35 bits per heavy atom. The van der Waals surface area contributed by atoms with Crippen LogP contribution in [0, 0.1) is 11.3 Å². The van der Waals surface area contributed by atoms with Crippen molar-refractivity contribution in [1.82, 2.24) is 19.7 Å². The molecule has 0 aromatic carbocycles. The fraction of sp³-hybridized carbons (Fsp3) is 0.200. The molecule has 17 heavy (non-hydrogen) atoms. The zero-order valence-electron chi connectivity index (χ0n) is 9.25. The minimum atomic E-state index is 0.431. The highest BCUT2D eigenvalue weighted by Crippen LogP contribution is 2.16. The van der Waals surface area contributed by atoms with Crippen LogP contribution in [0.2, 0.25) is 0 Å². The summed E-state index contributed by atoms with van der Waals surface area (Å²) >= 11 is 0. The van der Waals surface area contributed by atoms with Crippen LogP contribution in [0.4, 0.5) is 11.5 Å². The molecule has 2 heterocycles. The normalized spacial score (nSPS) is 9.88. The van der Waals surface area contributed by atoms with Gasteiger partial charge in [-0.05, 0) is 6.07 Å². The van der Waals surface area contributed by atoms with E-state index >= 15 is 0 Å². The van der Waals surface area contributed by atoms with Crippen molar-refractivity contribution in [1.29, 1.82) is 5.26 Å². The van der Waals surface area contributed by atoms with E-state index in [1.165, 1.54) is 6.20 Å². The number of nitrogens with one attached hydrogen (secondary N) is 1. The largest absolute Gasteiger partial charge is 0.396 e. The number of nitrogens with two attached hydrogens (primary N) is 1. The average molecular weight is 229 g/mol. The van der Waals surface area contributed by atoms with E-state index in [1.54, 1.807) is 24.1 Å². The number of aryl methyl sites for hydroxylation is 1. The number of nitrogens with zero attached hydrogens (tertiary/aromatic N) is 5. The average Bonchev–Trinajstić information content (AvgIpc) is 2.73. The van der Waals surface area contributed by atoms with Crippen LogP contribution in [0.15, 0.2) is 18.6 Å². The molecular formula is C10H11N7. The molecule has 2 aromatic heterocycles. The van der Waals surface area contributed by atoms with Crippen molar-refractivity contribution in [2.45, 2.75) is 6.54 Å². The van der Waals surface area contributed by atoms with E-state index in [0.29, 0.717) is 29.4 Å². The van der Waals surface area contributed by atoms with Gasteiger partial charge in [-0.2, -0.15) is 10.4 Å². The van der Waals surface area contributed by atoms with Crippen LogP contribution in [0.3, 0.4) is 0 Å². The van der Waals surface area contributed by atoms with Crippen LogP contribution in [0.25, 0.3) is 0 Å². The van der Waals surface area contributed by atoms with Crippen LogP contribution in [0.1, 0.15) is 11.4 Å². The lowest BCUT2D eigenvalue weighted by molar-refractivity contribution is 0.747. The van der Waals surface area contributed by atoms with Crippen LogP contribution < -0.4 is 11.1 Å². The number of pyridine rings is 1. The number of nitriles is 1. The Labute approximate surface area is 97.9 Å². The lowest BCUT2D eigenvalue weighted by Crippen LogP contribution is -2.06. The van der Waals surface area contributed by atoms with Crippen molar-refractivity contribution < 1.29 is 0 Å². The monoisotopic (exact) mass is 229 g/mol. The smallest absolute Gasteiger partial charge is 0.169 e. The van der Waals surface area contributed by atoms with Crippen molar-refractivity contribution in [3.05, 3.63) is 30.0 Å². The molecule has 0 saturated carbocycles. The zero-order chi connectivity index (χ0) is 12.3. The maximum Gasteiger partial charge on any atom is 0.169 e. The Morgan fingerprint density at radius 1 is 1.53 bits per heavy atom. The fourth-order valence-corrected chi connectivity index (χ4v) is 1.32. The quantitative estimate of drug-likeness (QED) is 0.782. The lowest BCUT2D eigenvalue weighted by Gasteiger charge is -2.05. The van der Waals surface area contributed by atoms with Crippen LogP contribution in [0.5, 0.6) is 0 Å². The molecule has 3 N–H and O–H groups in total. The van der Waals surface area contributed by atoms with Gasteiger partial charge in [-0.1, -0.05) is 0 Å². The maximum atomic E-state index is 8.67. The molecule has 0 saturated heterocycles. The number of rotatable bonds is 3. The Bertz CT molecular complexity index is 566. The molecule has 0 aliphatic heterocycles. The van der Waals surface area contributed by atoms with Crippen LogP contribution in [-0.2, 0) is 13.6 Å². The van der Waals surface area contributed by atoms with Gasteiger partial charge in [0, 0.05) is 13.2 Å². The third-order valence-corrected chi connectivity index (χ3v) is 2.11. The van der Waals surface area contributed by atoms with E-state index in [1.807, 2.05) is 6.07 Å². The van der Waals surface area contributed by atoms with Gasteiger partial charge in [0.25, 0.3) is 0 Å². The molecule has 7 nitrogen and oxygen atoms in total. The van der Waals surface area contributed by atoms with Gasteiger partial charge in [0.1, 0.15) is 18.2 Å². The second-order valence-electron chi connectivity index (χ2n) is 3.46. The molecule has 7 heteroatoms. The van der Waals surface area contributed by atoms with Gasteiger partial charge in [0.15, 0.2) is 5.82 Å². The zero-order valence-corrected chi connectivity index (χ0v) is 9.25.